The predicted octanol–water partition coefficient (Wildman–Crippen LogP) is 3.81. The molecule has 1 aliphatic rings. The van der Waals surface area contributed by atoms with E-state index in [1.807, 2.05) is 0 Å². The number of anilines is 1. The van der Waals surface area contributed by atoms with Crippen LogP contribution in [0.4, 0.5) is 18.9 Å². The minimum absolute atomic E-state index is 0.227. The largest absolute Gasteiger partial charge is 0.375 e. The fourth-order valence-corrected chi connectivity index (χ4v) is 2.32. The summed E-state index contributed by atoms with van der Waals surface area (Å²) < 4.78 is 40.3. The van der Waals surface area contributed by atoms with Crippen LogP contribution >= 0.6 is 0 Å². The van der Waals surface area contributed by atoms with Crippen molar-refractivity contribution in [2.24, 2.45) is 0 Å². The Labute approximate surface area is 102 Å². The number of benzene rings is 2. The van der Waals surface area contributed by atoms with Crippen molar-refractivity contribution in [3.8, 4) is 0 Å². The third-order valence-corrected chi connectivity index (χ3v) is 3.18. The zero-order valence-corrected chi connectivity index (χ0v) is 9.38. The van der Waals surface area contributed by atoms with E-state index in [0.29, 0.717) is 12.1 Å². The van der Waals surface area contributed by atoms with Crippen LogP contribution in [0.15, 0.2) is 36.4 Å². The second-order valence-corrected chi connectivity index (χ2v) is 4.34. The fourth-order valence-electron chi connectivity index (χ4n) is 2.32. The molecule has 0 spiro atoms. The van der Waals surface area contributed by atoms with Crippen molar-refractivity contribution in [3.63, 3.8) is 0 Å². The molecule has 4 heteroatoms. The highest BCUT2D eigenvalue weighted by Crippen LogP contribution is 2.36. The van der Waals surface area contributed by atoms with E-state index in [1.54, 1.807) is 12.1 Å². The number of para-hydroxylation sites is 1. The molecule has 1 N–H and O–H groups in total. The summed E-state index contributed by atoms with van der Waals surface area (Å²) >= 11 is 0. The maximum atomic E-state index is 13.6. The Kier molecular flexibility index (Phi) is 2.51. The quantitative estimate of drug-likeness (QED) is 0.810. The molecule has 0 radical (unpaired) electrons. The van der Waals surface area contributed by atoms with Gasteiger partial charge in [0, 0.05) is 5.56 Å². The maximum Gasteiger partial charge on any atom is 0.146 e. The summed E-state index contributed by atoms with van der Waals surface area (Å²) in [5.41, 5.74) is 1.39. The number of fused-ring (bicyclic) bond motifs is 1. The third kappa shape index (κ3) is 1.74. The van der Waals surface area contributed by atoms with Crippen LogP contribution in [0, 0.1) is 17.5 Å². The Morgan fingerprint density at radius 3 is 2.61 bits per heavy atom. The number of rotatable bonds is 1. The van der Waals surface area contributed by atoms with Crippen LogP contribution in [0.5, 0.6) is 0 Å². The maximum absolute atomic E-state index is 13.6. The fraction of sp³-hybridized carbons (Fsp3) is 0.143. The van der Waals surface area contributed by atoms with Gasteiger partial charge < -0.3 is 5.32 Å². The van der Waals surface area contributed by atoms with E-state index in [1.165, 1.54) is 6.07 Å². The van der Waals surface area contributed by atoms with Gasteiger partial charge in [-0.05, 0) is 36.2 Å². The van der Waals surface area contributed by atoms with E-state index < -0.39 is 17.7 Å². The van der Waals surface area contributed by atoms with Gasteiger partial charge >= 0.3 is 0 Å². The van der Waals surface area contributed by atoms with Gasteiger partial charge in [0.05, 0.1) is 11.7 Å². The van der Waals surface area contributed by atoms with Crippen LogP contribution in [0.3, 0.4) is 0 Å². The lowest BCUT2D eigenvalue weighted by Gasteiger charge is -2.12. The standard InChI is InChI=1S/C14H10F3N/c15-9-4-5-11(16)10(7-9)13-6-8-2-1-3-12(17)14(8)18-13/h1-5,7,13,18H,6H2. The first-order chi connectivity index (χ1) is 8.65. The van der Waals surface area contributed by atoms with Gasteiger partial charge in [0.25, 0.3) is 0 Å². The summed E-state index contributed by atoms with van der Waals surface area (Å²) in [5.74, 6) is -1.35. The van der Waals surface area contributed by atoms with Crippen LogP contribution in [-0.2, 0) is 6.42 Å². The first-order valence-corrected chi connectivity index (χ1v) is 5.64. The molecule has 92 valence electrons. The molecule has 0 saturated heterocycles. The molecule has 0 aliphatic carbocycles. The first kappa shape index (κ1) is 11.1. The van der Waals surface area contributed by atoms with Crippen LogP contribution in [0.25, 0.3) is 0 Å². The smallest absolute Gasteiger partial charge is 0.146 e. The average molecular weight is 249 g/mol. The van der Waals surface area contributed by atoms with E-state index in [4.69, 9.17) is 0 Å². The summed E-state index contributed by atoms with van der Waals surface area (Å²) in [4.78, 5) is 0. The normalized spacial score (nSPS) is 17.4. The molecule has 18 heavy (non-hydrogen) atoms. The molecule has 1 aliphatic heterocycles. The molecule has 2 aromatic rings. The molecule has 0 aromatic heterocycles. The van der Waals surface area contributed by atoms with Crippen LogP contribution in [0.1, 0.15) is 17.2 Å². The second kappa shape index (κ2) is 4.05. The second-order valence-electron chi connectivity index (χ2n) is 4.34. The van der Waals surface area contributed by atoms with Crippen LogP contribution in [-0.4, -0.2) is 0 Å². The first-order valence-electron chi connectivity index (χ1n) is 5.64. The SMILES string of the molecule is Fc1ccc(F)c(C2Cc3cccc(F)c3N2)c1. The monoisotopic (exact) mass is 249 g/mol. The van der Waals surface area contributed by atoms with Crippen molar-refractivity contribution in [2.75, 3.05) is 5.32 Å². The lowest BCUT2D eigenvalue weighted by molar-refractivity contribution is 0.573. The molecule has 2 aromatic carbocycles. The number of hydrogen-bond donors (Lipinski definition) is 1. The molecule has 1 atom stereocenters. The summed E-state index contributed by atoms with van der Waals surface area (Å²) in [7, 11) is 0. The minimum atomic E-state index is -0.496. The van der Waals surface area contributed by atoms with E-state index in [-0.39, 0.29) is 11.4 Å². The van der Waals surface area contributed by atoms with Crippen molar-refractivity contribution in [1.82, 2.24) is 0 Å². The van der Waals surface area contributed by atoms with Gasteiger partial charge in [0.1, 0.15) is 17.5 Å². The van der Waals surface area contributed by atoms with E-state index in [0.717, 1.165) is 23.8 Å². The van der Waals surface area contributed by atoms with E-state index in [9.17, 15) is 13.2 Å². The molecule has 1 heterocycles. The number of halogens is 3. The Hall–Kier alpha value is -1.97. The van der Waals surface area contributed by atoms with Crippen molar-refractivity contribution < 1.29 is 13.2 Å². The van der Waals surface area contributed by atoms with Crippen molar-refractivity contribution in [2.45, 2.75) is 12.5 Å². The third-order valence-electron chi connectivity index (χ3n) is 3.18. The highest BCUT2D eigenvalue weighted by Gasteiger charge is 2.26. The van der Waals surface area contributed by atoms with Gasteiger partial charge in [-0.15, -0.1) is 0 Å². The molecule has 3 rings (SSSR count). The van der Waals surface area contributed by atoms with Gasteiger partial charge in [0.2, 0.25) is 0 Å². The minimum Gasteiger partial charge on any atom is -0.375 e. The van der Waals surface area contributed by atoms with Crippen LogP contribution in [0.2, 0.25) is 0 Å². The topological polar surface area (TPSA) is 12.0 Å². The van der Waals surface area contributed by atoms with Crippen molar-refractivity contribution in [3.05, 3.63) is 65.0 Å². The molecule has 1 unspecified atom stereocenters. The van der Waals surface area contributed by atoms with Gasteiger partial charge in [-0.1, -0.05) is 12.1 Å². The highest BCUT2D eigenvalue weighted by molar-refractivity contribution is 5.59. The molecular formula is C14H10F3N. The zero-order chi connectivity index (χ0) is 12.7. The zero-order valence-electron chi connectivity index (χ0n) is 9.38. The lowest BCUT2D eigenvalue weighted by atomic mass is 10.0. The molecule has 0 bridgehead atoms. The Bertz CT molecular complexity index is 610. The molecule has 1 nitrogen and oxygen atoms in total. The van der Waals surface area contributed by atoms with Crippen molar-refractivity contribution in [1.29, 1.82) is 0 Å². The van der Waals surface area contributed by atoms with Crippen molar-refractivity contribution >= 4 is 5.69 Å². The van der Waals surface area contributed by atoms with Gasteiger partial charge in [0.15, 0.2) is 0 Å². The Balaban J connectivity index is 1.99. The summed E-state index contributed by atoms with van der Waals surface area (Å²) in [6.07, 6.45) is 0.452. The summed E-state index contributed by atoms with van der Waals surface area (Å²) in [6, 6.07) is 7.62. The molecule has 0 fully saturated rings. The molecular weight excluding hydrogens is 239 g/mol. The van der Waals surface area contributed by atoms with Gasteiger partial charge in [-0.2, -0.15) is 0 Å². The Morgan fingerprint density at radius 1 is 1.00 bits per heavy atom. The van der Waals surface area contributed by atoms with Gasteiger partial charge in [-0.3, -0.25) is 0 Å². The summed E-state index contributed by atoms with van der Waals surface area (Å²) in [6.45, 7) is 0. The average Bonchev–Trinajstić information content (AvgIpc) is 2.77. The molecule has 0 saturated carbocycles. The summed E-state index contributed by atoms with van der Waals surface area (Å²) in [5, 5.41) is 2.91. The van der Waals surface area contributed by atoms with Crippen LogP contribution < -0.4 is 5.32 Å². The van der Waals surface area contributed by atoms with Gasteiger partial charge in [-0.25, -0.2) is 13.2 Å². The lowest BCUT2D eigenvalue weighted by Crippen LogP contribution is -2.08. The number of hydrogen-bond acceptors (Lipinski definition) is 1. The predicted molar refractivity (Wildman–Crippen MR) is 62.8 cm³/mol. The Morgan fingerprint density at radius 2 is 1.83 bits per heavy atom. The molecule has 0 amide bonds. The van der Waals surface area contributed by atoms with E-state index >= 15 is 0 Å². The number of nitrogens with one attached hydrogen (secondary N) is 1. The van der Waals surface area contributed by atoms with E-state index in [2.05, 4.69) is 5.32 Å². The highest BCUT2D eigenvalue weighted by atomic mass is 19.1.